The fourth-order valence-electron chi connectivity index (χ4n) is 2.10. The molecule has 0 radical (unpaired) electrons. The van der Waals surface area contributed by atoms with Crippen molar-refractivity contribution in [1.82, 2.24) is 0 Å². The Morgan fingerprint density at radius 3 is 1.73 bits per heavy atom. The topological polar surface area (TPSA) is 43.4 Å². The zero-order valence-corrected chi connectivity index (χ0v) is 15.6. The highest BCUT2D eigenvalue weighted by Crippen LogP contribution is 2.55. The monoisotopic (exact) mass is 486 g/mol. The van der Waals surface area contributed by atoms with Gasteiger partial charge >= 0.3 is 33.4 Å². The average molecular weight is 487 g/mol. The summed E-state index contributed by atoms with van der Waals surface area (Å²) in [5, 5.41) is -6.74. The number of hydrogen-bond donors (Lipinski definition) is 0. The highest BCUT2D eigenvalue weighted by Gasteiger charge is 2.86. The van der Waals surface area contributed by atoms with Crippen molar-refractivity contribution < 1.29 is 52.1 Å². The predicted octanol–water partition coefficient (Wildman–Crippen LogP) is 6.14. The normalized spacial score (nSPS) is 13.9. The maximum atomic E-state index is 13.8. The van der Waals surface area contributed by atoms with Gasteiger partial charge in [0.2, 0.25) is 0 Å². The van der Waals surface area contributed by atoms with Crippen LogP contribution in [-0.2, 0) is 10.1 Å². The summed E-state index contributed by atoms with van der Waals surface area (Å²) in [4.78, 5) is 0. The smallest absolute Gasteiger partial charge is 0.377 e. The molecule has 0 saturated carbocycles. The van der Waals surface area contributed by atoms with Gasteiger partial charge in [0.1, 0.15) is 0 Å². The van der Waals surface area contributed by atoms with E-state index in [4.69, 9.17) is 11.6 Å². The molecular weight excluding hydrogens is 479 g/mol. The van der Waals surface area contributed by atoms with Crippen molar-refractivity contribution in [3.63, 3.8) is 0 Å². The van der Waals surface area contributed by atoms with Crippen molar-refractivity contribution in [2.24, 2.45) is 0 Å². The summed E-state index contributed by atoms with van der Waals surface area (Å²) >= 11 is 5.66. The largest absolute Gasteiger partial charge is 0.460 e. The molecule has 0 N–H and O–H groups in total. The second kappa shape index (κ2) is 7.52. The summed E-state index contributed by atoms with van der Waals surface area (Å²) in [6.45, 7) is 0. The van der Waals surface area contributed by atoms with Gasteiger partial charge in [-0.3, -0.25) is 0 Å². The number of rotatable bonds is 6. The highest BCUT2D eigenvalue weighted by molar-refractivity contribution is 7.88. The van der Waals surface area contributed by atoms with Gasteiger partial charge in [-0.2, -0.15) is 47.9 Å². The van der Waals surface area contributed by atoms with Crippen LogP contribution in [0, 0.1) is 0 Å². The first kappa shape index (κ1) is 24.1. The first-order chi connectivity index (χ1) is 13.5. The number of para-hydroxylation sites is 1. The summed E-state index contributed by atoms with van der Waals surface area (Å²) in [5.41, 5.74) is -0.194. The molecule has 0 aromatic heterocycles. The summed E-state index contributed by atoms with van der Waals surface area (Å²) in [6.07, 6.45) is -7.17. The van der Waals surface area contributed by atoms with Gasteiger partial charge in [0, 0.05) is 10.6 Å². The lowest BCUT2D eigenvalue weighted by Crippen LogP contribution is -2.63. The summed E-state index contributed by atoms with van der Waals surface area (Å²) in [5.74, 6) is -15.8. The number of benzene rings is 2. The fraction of sp³-hybridized carbons (Fsp3) is 0.250. The number of hydrogen-bond acceptors (Lipinski definition) is 3. The van der Waals surface area contributed by atoms with E-state index in [9.17, 15) is 47.9 Å². The van der Waals surface area contributed by atoms with Crippen molar-refractivity contribution in [2.45, 2.75) is 23.3 Å². The van der Waals surface area contributed by atoms with Crippen molar-refractivity contribution in [3.8, 4) is 16.9 Å². The second-order valence-corrected chi connectivity index (χ2v) is 7.73. The number of alkyl halides is 9. The lowest BCUT2D eigenvalue weighted by atomic mass is 10.1. The third kappa shape index (κ3) is 3.92. The molecular formula is C16H8ClF9O3S. The van der Waals surface area contributed by atoms with E-state index in [1.54, 1.807) is 0 Å². The molecule has 2 rings (SSSR count). The fourth-order valence-corrected chi connectivity index (χ4v) is 3.15. The van der Waals surface area contributed by atoms with Gasteiger partial charge < -0.3 is 4.18 Å². The summed E-state index contributed by atoms with van der Waals surface area (Å²) < 4.78 is 144. The van der Waals surface area contributed by atoms with E-state index < -0.39 is 39.1 Å². The summed E-state index contributed by atoms with van der Waals surface area (Å²) in [7, 11) is -7.04. The van der Waals surface area contributed by atoms with Crippen molar-refractivity contribution in [2.75, 3.05) is 0 Å². The first-order valence-electron chi connectivity index (χ1n) is 7.45. The molecule has 0 atom stereocenters. The molecule has 0 aliphatic carbocycles. The maximum Gasteiger partial charge on any atom is 0.460 e. The Labute approximate surface area is 168 Å². The molecule has 0 amide bonds. The van der Waals surface area contributed by atoms with Gasteiger partial charge in [-0.1, -0.05) is 41.9 Å². The zero-order chi connectivity index (χ0) is 23.2. The molecule has 0 fully saturated rings. The van der Waals surface area contributed by atoms with Crippen LogP contribution in [0.3, 0.4) is 0 Å². The highest BCUT2D eigenvalue weighted by atomic mass is 35.5. The van der Waals surface area contributed by atoms with E-state index in [1.165, 1.54) is 30.3 Å². The van der Waals surface area contributed by atoms with Crippen LogP contribution in [0.25, 0.3) is 11.1 Å². The molecule has 0 saturated heterocycles. The minimum Gasteiger partial charge on any atom is -0.377 e. The van der Waals surface area contributed by atoms with E-state index in [1.807, 2.05) is 0 Å². The average Bonchev–Trinajstić information content (AvgIpc) is 2.61. The van der Waals surface area contributed by atoms with Crippen LogP contribution in [0.1, 0.15) is 0 Å². The quantitative estimate of drug-likeness (QED) is 0.364. The summed E-state index contributed by atoms with van der Waals surface area (Å²) in [6, 6.07) is 9.15. The maximum absolute atomic E-state index is 13.8. The second-order valence-electron chi connectivity index (χ2n) is 5.70. The molecule has 0 heterocycles. The molecule has 2 aromatic rings. The van der Waals surface area contributed by atoms with E-state index in [-0.39, 0.29) is 16.1 Å². The van der Waals surface area contributed by atoms with Crippen LogP contribution in [0.4, 0.5) is 39.5 Å². The Bertz CT molecular complexity index is 1020. The Hall–Kier alpha value is -2.15. The molecule has 14 heteroatoms. The van der Waals surface area contributed by atoms with Crippen LogP contribution in [0.2, 0.25) is 5.02 Å². The minimum atomic E-state index is -7.38. The Balaban J connectivity index is 2.52. The molecule has 0 unspecified atom stereocenters. The first-order valence-corrected chi connectivity index (χ1v) is 9.23. The molecule has 0 aliphatic heterocycles. The van der Waals surface area contributed by atoms with Gasteiger partial charge in [-0.25, -0.2) is 0 Å². The minimum absolute atomic E-state index is 0.0842. The van der Waals surface area contributed by atoms with E-state index >= 15 is 0 Å². The molecule has 30 heavy (non-hydrogen) atoms. The Morgan fingerprint density at radius 2 is 1.23 bits per heavy atom. The van der Waals surface area contributed by atoms with Gasteiger partial charge in [-0.15, -0.1) is 0 Å². The van der Waals surface area contributed by atoms with Gasteiger partial charge in [0.25, 0.3) is 0 Å². The Morgan fingerprint density at radius 1 is 0.733 bits per heavy atom. The van der Waals surface area contributed by atoms with Gasteiger partial charge in [-0.05, 0) is 23.8 Å². The zero-order valence-electron chi connectivity index (χ0n) is 14.0. The third-order valence-corrected chi connectivity index (χ3v) is 5.21. The van der Waals surface area contributed by atoms with Crippen LogP contribution >= 0.6 is 11.6 Å². The SMILES string of the molecule is O=S(=O)(Oc1ccccc1-c1ccc(Cl)cc1)C(F)(F)C(F)(F)C(F)(F)C(F)(F)F. The molecule has 0 bridgehead atoms. The van der Waals surface area contributed by atoms with Gasteiger partial charge in [0.05, 0.1) is 0 Å². The Kier molecular flexibility index (Phi) is 6.05. The van der Waals surface area contributed by atoms with Crippen LogP contribution < -0.4 is 4.18 Å². The van der Waals surface area contributed by atoms with E-state index in [2.05, 4.69) is 4.18 Å². The molecule has 0 aliphatic rings. The lowest BCUT2D eigenvalue weighted by molar-refractivity contribution is -0.382. The molecule has 2 aromatic carbocycles. The van der Waals surface area contributed by atoms with Crippen molar-refractivity contribution in [1.29, 1.82) is 0 Å². The van der Waals surface area contributed by atoms with Crippen LogP contribution in [-0.4, -0.2) is 31.7 Å². The molecule has 3 nitrogen and oxygen atoms in total. The third-order valence-electron chi connectivity index (χ3n) is 3.67. The predicted molar refractivity (Wildman–Crippen MR) is 87.3 cm³/mol. The van der Waals surface area contributed by atoms with E-state index in [0.717, 1.165) is 12.1 Å². The number of halogens is 10. The van der Waals surface area contributed by atoms with Gasteiger partial charge in [0.15, 0.2) is 5.75 Å². The van der Waals surface area contributed by atoms with Crippen molar-refractivity contribution in [3.05, 3.63) is 53.6 Å². The van der Waals surface area contributed by atoms with Crippen LogP contribution in [0.5, 0.6) is 5.75 Å². The van der Waals surface area contributed by atoms with E-state index in [0.29, 0.717) is 6.07 Å². The standard InChI is InChI=1S/C16H8ClF9O3S/c17-10-7-5-9(6-8-10)11-3-1-2-4-12(11)29-30(27,28)16(25,26)14(20,21)13(18,19)15(22,23)24/h1-8H. The van der Waals surface area contributed by atoms with Crippen LogP contribution in [0.15, 0.2) is 48.5 Å². The molecule has 0 spiro atoms. The lowest BCUT2D eigenvalue weighted by Gasteiger charge is -2.32. The van der Waals surface area contributed by atoms with Crippen molar-refractivity contribution >= 4 is 21.7 Å². The molecule has 166 valence electrons.